The molecule has 19 heavy (non-hydrogen) atoms. The molecule has 2 heterocycles. The number of anilines is 1. The van der Waals surface area contributed by atoms with Crippen LogP contribution in [0.2, 0.25) is 0 Å². The largest absolute Gasteiger partial charge is 0.360 e. The van der Waals surface area contributed by atoms with Gasteiger partial charge in [-0.1, -0.05) is 0 Å². The summed E-state index contributed by atoms with van der Waals surface area (Å²) in [4.78, 5) is 18.1. The van der Waals surface area contributed by atoms with Gasteiger partial charge in [0, 0.05) is 25.1 Å². The van der Waals surface area contributed by atoms with Crippen molar-refractivity contribution < 1.29 is 4.92 Å². The van der Waals surface area contributed by atoms with Crippen molar-refractivity contribution in [1.29, 1.82) is 5.26 Å². The van der Waals surface area contributed by atoms with Crippen molar-refractivity contribution in [3.05, 3.63) is 58.0 Å². The molecule has 0 aliphatic heterocycles. The van der Waals surface area contributed by atoms with Crippen LogP contribution < -0.4 is 5.32 Å². The highest BCUT2D eigenvalue weighted by molar-refractivity contribution is 5.64. The molecule has 2 aromatic rings. The first-order chi connectivity index (χ1) is 9.22. The number of nitriles is 1. The number of nitro groups is 1. The zero-order valence-corrected chi connectivity index (χ0v) is 9.78. The fourth-order valence-corrected chi connectivity index (χ4v) is 1.54. The van der Waals surface area contributed by atoms with Crippen molar-refractivity contribution in [3.8, 4) is 6.07 Å². The lowest BCUT2D eigenvalue weighted by Crippen LogP contribution is -2.06. The van der Waals surface area contributed by atoms with Crippen molar-refractivity contribution in [3.63, 3.8) is 0 Å². The van der Waals surface area contributed by atoms with E-state index in [-0.39, 0.29) is 17.1 Å². The van der Waals surface area contributed by atoms with Gasteiger partial charge in [0.15, 0.2) is 0 Å². The van der Waals surface area contributed by atoms with E-state index in [9.17, 15) is 10.1 Å². The highest BCUT2D eigenvalue weighted by atomic mass is 16.6. The molecule has 7 nitrogen and oxygen atoms in total. The van der Waals surface area contributed by atoms with Gasteiger partial charge in [-0.2, -0.15) is 5.26 Å². The Morgan fingerprint density at radius 3 is 2.68 bits per heavy atom. The van der Waals surface area contributed by atoms with E-state index in [1.165, 1.54) is 12.3 Å². The third-order valence-electron chi connectivity index (χ3n) is 2.44. The lowest BCUT2D eigenvalue weighted by molar-refractivity contribution is -0.384. The highest BCUT2D eigenvalue weighted by Gasteiger charge is 2.20. The number of pyridine rings is 2. The first-order valence-corrected chi connectivity index (χ1v) is 5.38. The van der Waals surface area contributed by atoms with Crippen molar-refractivity contribution in [2.24, 2.45) is 0 Å². The smallest absolute Gasteiger partial charge is 0.328 e. The van der Waals surface area contributed by atoms with Crippen molar-refractivity contribution >= 4 is 11.5 Å². The van der Waals surface area contributed by atoms with Crippen LogP contribution in [-0.2, 0) is 6.54 Å². The zero-order valence-electron chi connectivity index (χ0n) is 9.78. The lowest BCUT2D eigenvalue weighted by atomic mass is 10.2. The summed E-state index contributed by atoms with van der Waals surface area (Å²) in [7, 11) is 0. The molecule has 0 spiro atoms. The van der Waals surface area contributed by atoms with Crippen molar-refractivity contribution in [2.45, 2.75) is 6.54 Å². The monoisotopic (exact) mass is 255 g/mol. The van der Waals surface area contributed by atoms with Gasteiger partial charge in [-0.25, -0.2) is 4.98 Å². The molecule has 0 saturated carbocycles. The maximum atomic E-state index is 11.0. The van der Waals surface area contributed by atoms with Gasteiger partial charge in [0.05, 0.1) is 4.92 Å². The van der Waals surface area contributed by atoms with Crippen LogP contribution in [0, 0.1) is 21.4 Å². The first-order valence-electron chi connectivity index (χ1n) is 5.38. The first kappa shape index (κ1) is 12.4. The van der Waals surface area contributed by atoms with E-state index in [2.05, 4.69) is 15.3 Å². The van der Waals surface area contributed by atoms with E-state index in [4.69, 9.17) is 5.26 Å². The summed E-state index contributed by atoms with van der Waals surface area (Å²) in [5, 5.41) is 22.7. The standard InChI is InChI=1S/C12H9N5O2/c13-7-10-3-6-15-12(11(10)17(18)19)16-8-9-1-4-14-5-2-9/h1-6H,8H2,(H,15,16). The van der Waals surface area contributed by atoms with Crippen LogP contribution in [0.4, 0.5) is 11.5 Å². The molecule has 2 aromatic heterocycles. The van der Waals surface area contributed by atoms with Gasteiger partial charge in [0.2, 0.25) is 5.82 Å². The quantitative estimate of drug-likeness (QED) is 0.660. The molecule has 0 unspecified atom stereocenters. The topological polar surface area (TPSA) is 105 Å². The van der Waals surface area contributed by atoms with Gasteiger partial charge in [-0.3, -0.25) is 15.1 Å². The minimum atomic E-state index is -0.611. The molecular formula is C12H9N5O2. The van der Waals surface area contributed by atoms with E-state index in [1.54, 1.807) is 30.6 Å². The number of nitrogens with zero attached hydrogens (tertiary/aromatic N) is 4. The summed E-state index contributed by atoms with van der Waals surface area (Å²) in [6.45, 7) is 0.366. The SMILES string of the molecule is N#Cc1ccnc(NCc2ccncc2)c1[N+](=O)[O-]. The molecule has 0 aliphatic rings. The van der Waals surface area contributed by atoms with Crippen LogP contribution in [0.5, 0.6) is 0 Å². The summed E-state index contributed by atoms with van der Waals surface area (Å²) >= 11 is 0. The van der Waals surface area contributed by atoms with E-state index in [0.29, 0.717) is 6.54 Å². The second kappa shape index (κ2) is 5.55. The molecule has 0 atom stereocenters. The summed E-state index contributed by atoms with van der Waals surface area (Å²) in [5.41, 5.74) is 0.588. The Hall–Kier alpha value is -3.01. The maximum Gasteiger partial charge on any atom is 0.328 e. The Labute approximate surface area is 108 Å². The van der Waals surface area contributed by atoms with Gasteiger partial charge < -0.3 is 5.32 Å². The summed E-state index contributed by atoms with van der Waals surface area (Å²) < 4.78 is 0. The van der Waals surface area contributed by atoms with Crippen LogP contribution in [-0.4, -0.2) is 14.9 Å². The van der Waals surface area contributed by atoms with Gasteiger partial charge in [-0.15, -0.1) is 0 Å². The lowest BCUT2D eigenvalue weighted by Gasteiger charge is -2.06. The third-order valence-corrected chi connectivity index (χ3v) is 2.44. The number of hydrogen-bond acceptors (Lipinski definition) is 6. The Kier molecular flexibility index (Phi) is 3.64. The van der Waals surface area contributed by atoms with Crippen LogP contribution in [0.25, 0.3) is 0 Å². The maximum absolute atomic E-state index is 11.0. The molecule has 1 N–H and O–H groups in total. The molecule has 0 aliphatic carbocycles. The Morgan fingerprint density at radius 1 is 1.32 bits per heavy atom. The fraction of sp³-hybridized carbons (Fsp3) is 0.0833. The summed E-state index contributed by atoms with van der Waals surface area (Å²) in [6, 6.07) is 6.67. The fourth-order valence-electron chi connectivity index (χ4n) is 1.54. The third kappa shape index (κ3) is 2.81. The van der Waals surface area contributed by atoms with Gasteiger partial charge in [0.25, 0.3) is 0 Å². The molecule has 0 fully saturated rings. The number of hydrogen-bond donors (Lipinski definition) is 1. The van der Waals surface area contributed by atoms with Gasteiger partial charge in [-0.05, 0) is 23.8 Å². The minimum absolute atomic E-state index is 0.0165. The zero-order chi connectivity index (χ0) is 13.7. The molecule has 0 bridgehead atoms. The van der Waals surface area contributed by atoms with E-state index in [1.807, 2.05) is 0 Å². The van der Waals surface area contributed by atoms with Gasteiger partial charge >= 0.3 is 5.69 Å². The molecule has 0 saturated heterocycles. The molecular weight excluding hydrogens is 246 g/mol. The average Bonchev–Trinajstić information content (AvgIpc) is 2.45. The second-order valence-corrected chi connectivity index (χ2v) is 3.63. The molecule has 0 radical (unpaired) electrons. The highest BCUT2D eigenvalue weighted by Crippen LogP contribution is 2.25. The molecule has 0 aromatic carbocycles. The normalized spacial score (nSPS) is 9.63. The Bertz CT molecular complexity index is 636. The average molecular weight is 255 g/mol. The van der Waals surface area contributed by atoms with E-state index >= 15 is 0 Å². The predicted octanol–water partition coefficient (Wildman–Crippen LogP) is 1.87. The Morgan fingerprint density at radius 2 is 2.05 bits per heavy atom. The number of aromatic nitrogens is 2. The van der Waals surface area contributed by atoms with E-state index < -0.39 is 4.92 Å². The molecule has 7 heteroatoms. The number of nitrogens with one attached hydrogen (secondary N) is 1. The minimum Gasteiger partial charge on any atom is -0.360 e. The van der Waals surface area contributed by atoms with Crippen LogP contribution >= 0.6 is 0 Å². The van der Waals surface area contributed by atoms with Gasteiger partial charge in [0.1, 0.15) is 11.6 Å². The van der Waals surface area contributed by atoms with Crippen LogP contribution in [0.15, 0.2) is 36.8 Å². The molecule has 2 rings (SSSR count). The van der Waals surface area contributed by atoms with E-state index in [0.717, 1.165) is 5.56 Å². The number of rotatable bonds is 4. The summed E-state index contributed by atoms with van der Waals surface area (Å²) in [6.07, 6.45) is 4.62. The van der Waals surface area contributed by atoms with Crippen molar-refractivity contribution in [2.75, 3.05) is 5.32 Å². The second-order valence-electron chi connectivity index (χ2n) is 3.63. The summed E-state index contributed by atoms with van der Waals surface area (Å²) in [5.74, 6) is 0.0841. The Balaban J connectivity index is 2.26. The predicted molar refractivity (Wildman–Crippen MR) is 67.2 cm³/mol. The molecule has 0 amide bonds. The van der Waals surface area contributed by atoms with Crippen molar-refractivity contribution in [1.82, 2.24) is 9.97 Å². The van der Waals surface area contributed by atoms with Crippen LogP contribution in [0.1, 0.15) is 11.1 Å². The molecule has 94 valence electrons. The van der Waals surface area contributed by atoms with Crippen LogP contribution in [0.3, 0.4) is 0 Å².